The molecule has 4 aromatic carbocycles. The van der Waals surface area contributed by atoms with Gasteiger partial charge in [0.05, 0.1) is 5.56 Å². The molecule has 0 aliphatic rings. The SMILES string of the molecule is CCCc1ccc(-c2ccc(C(=O)C=Cc3ccc(OCCOC(=O)c4cc(N)cc(N)c4)cc3)cc2)cc1. The van der Waals surface area contributed by atoms with Crippen molar-refractivity contribution in [1.29, 1.82) is 0 Å². The molecule has 0 fully saturated rings. The smallest absolute Gasteiger partial charge is 0.338 e. The summed E-state index contributed by atoms with van der Waals surface area (Å²) in [5.74, 6) is 0.0448. The molecule has 0 saturated heterocycles. The Morgan fingerprint density at radius 1 is 0.744 bits per heavy atom. The van der Waals surface area contributed by atoms with Crippen LogP contribution in [0.3, 0.4) is 0 Å². The summed E-state index contributed by atoms with van der Waals surface area (Å²) in [5, 5.41) is 0. The first-order chi connectivity index (χ1) is 18.9. The van der Waals surface area contributed by atoms with Gasteiger partial charge in [-0.3, -0.25) is 4.79 Å². The maximum Gasteiger partial charge on any atom is 0.338 e. The average Bonchev–Trinajstić information content (AvgIpc) is 2.95. The highest BCUT2D eigenvalue weighted by Gasteiger charge is 2.09. The minimum Gasteiger partial charge on any atom is -0.490 e. The lowest BCUT2D eigenvalue weighted by Gasteiger charge is -2.08. The second kappa shape index (κ2) is 13.1. The molecule has 0 saturated carbocycles. The van der Waals surface area contributed by atoms with Crippen LogP contribution >= 0.6 is 0 Å². The monoisotopic (exact) mass is 520 g/mol. The van der Waals surface area contributed by atoms with Crippen molar-refractivity contribution >= 4 is 29.2 Å². The number of esters is 1. The molecule has 0 amide bonds. The summed E-state index contributed by atoms with van der Waals surface area (Å²) in [7, 11) is 0. The number of hydrogen-bond acceptors (Lipinski definition) is 6. The number of carbonyl (C=O) groups is 2. The molecule has 0 spiro atoms. The van der Waals surface area contributed by atoms with Crippen molar-refractivity contribution in [1.82, 2.24) is 0 Å². The van der Waals surface area contributed by atoms with E-state index in [-0.39, 0.29) is 19.0 Å². The van der Waals surface area contributed by atoms with Crippen LogP contribution < -0.4 is 16.2 Å². The van der Waals surface area contributed by atoms with E-state index in [0.29, 0.717) is 28.3 Å². The lowest BCUT2D eigenvalue weighted by Crippen LogP contribution is -2.13. The Bertz CT molecular complexity index is 1420. The van der Waals surface area contributed by atoms with Crippen molar-refractivity contribution < 1.29 is 19.1 Å². The van der Waals surface area contributed by atoms with Crippen LogP contribution in [0.5, 0.6) is 5.75 Å². The van der Waals surface area contributed by atoms with Crippen molar-refractivity contribution in [2.45, 2.75) is 19.8 Å². The molecule has 4 N–H and O–H groups in total. The fourth-order valence-electron chi connectivity index (χ4n) is 4.09. The number of aryl methyl sites for hydroxylation is 1. The maximum absolute atomic E-state index is 12.7. The Balaban J connectivity index is 1.24. The molecule has 39 heavy (non-hydrogen) atoms. The zero-order valence-corrected chi connectivity index (χ0v) is 21.9. The number of benzene rings is 4. The van der Waals surface area contributed by atoms with E-state index in [9.17, 15) is 9.59 Å². The maximum atomic E-state index is 12.7. The molecular formula is C33H32N2O4. The number of hydrogen-bond donors (Lipinski definition) is 2. The molecule has 0 bridgehead atoms. The van der Waals surface area contributed by atoms with Crippen LogP contribution in [0.4, 0.5) is 11.4 Å². The summed E-state index contributed by atoms with van der Waals surface area (Å²) in [6.07, 6.45) is 5.54. The van der Waals surface area contributed by atoms with Gasteiger partial charge in [-0.2, -0.15) is 0 Å². The second-order valence-electron chi connectivity index (χ2n) is 9.16. The summed E-state index contributed by atoms with van der Waals surface area (Å²) in [6.45, 7) is 2.44. The highest BCUT2D eigenvalue weighted by Crippen LogP contribution is 2.22. The van der Waals surface area contributed by atoms with E-state index in [1.165, 1.54) is 17.7 Å². The highest BCUT2D eigenvalue weighted by atomic mass is 16.6. The van der Waals surface area contributed by atoms with Crippen molar-refractivity contribution in [2.75, 3.05) is 24.7 Å². The molecule has 0 aromatic heterocycles. The predicted molar refractivity (Wildman–Crippen MR) is 157 cm³/mol. The normalized spacial score (nSPS) is 10.9. The molecule has 0 atom stereocenters. The Morgan fingerprint density at radius 2 is 1.36 bits per heavy atom. The molecular weight excluding hydrogens is 488 g/mol. The third kappa shape index (κ3) is 7.82. The van der Waals surface area contributed by atoms with E-state index >= 15 is 0 Å². The quantitative estimate of drug-likeness (QED) is 0.0759. The molecule has 0 radical (unpaired) electrons. The summed E-state index contributed by atoms with van der Waals surface area (Å²) >= 11 is 0. The van der Waals surface area contributed by atoms with Crippen LogP contribution in [0.15, 0.2) is 97.1 Å². The van der Waals surface area contributed by atoms with E-state index in [4.69, 9.17) is 20.9 Å². The number of rotatable bonds is 11. The number of nitrogens with two attached hydrogens (primary N) is 2. The van der Waals surface area contributed by atoms with Crippen molar-refractivity contribution in [2.24, 2.45) is 0 Å². The van der Waals surface area contributed by atoms with Gasteiger partial charge >= 0.3 is 5.97 Å². The Morgan fingerprint density at radius 3 is 1.97 bits per heavy atom. The minimum atomic E-state index is -0.515. The number of ketones is 1. The number of nitrogen functional groups attached to an aromatic ring is 2. The van der Waals surface area contributed by atoms with Crippen LogP contribution in [-0.2, 0) is 11.2 Å². The lowest BCUT2D eigenvalue weighted by atomic mass is 10.00. The first kappa shape index (κ1) is 27.2. The summed E-state index contributed by atoms with van der Waals surface area (Å²) in [6, 6.07) is 28.1. The minimum absolute atomic E-state index is 0.0658. The van der Waals surface area contributed by atoms with Gasteiger partial charge in [0, 0.05) is 16.9 Å². The van der Waals surface area contributed by atoms with Crippen LogP contribution in [0.25, 0.3) is 17.2 Å². The fraction of sp³-hybridized carbons (Fsp3) is 0.152. The van der Waals surface area contributed by atoms with E-state index in [0.717, 1.165) is 29.5 Å². The van der Waals surface area contributed by atoms with Crippen molar-refractivity contribution in [3.63, 3.8) is 0 Å². The first-order valence-corrected chi connectivity index (χ1v) is 12.9. The molecule has 0 heterocycles. The molecule has 0 unspecified atom stereocenters. The van der Waals surface area contributed by atoms with Gasteiger partial charge in [-0.1, -0.05) is 80.1 Å². The Kier molecular flexibility index (Phi) is 9.14. The van der Waals surface area contributed by atoms with Crippen LogP contribution in [0.1, 0.15) is 45.2 Å². The molecule has 0 aliphatic carbocycles. The second-order valence-corrected chi connectivity index (χ2v) is 9.16. The molecule has 198 valence electrons. The Labute approximate surface area is 228 Å². The Hall–Kier alpha value is -4.84. The zero-order chi connectivity index (χ0) is 27.6. The van der Waals surface area contributed by atoms with Gasteiger partial charge in [-0.25, -0.2) is 4.79 Å². The summed E-state index contributed by atoms with van der Waals surface area (Å²) < 4.78 is 10.9. The van der Waals surface area contributed by atoms with E-state index in [1.807, 2.05) is 36.4 Å². The van der Waals surface area contributed by atoms with Crippen molar-refractivity contribution in [3.8, 4) is 16.9 Å². The van der Waals surface area contributed by atoms with E-state index in [1.54, 1.807) is 30.4 Å². The highest BCUT2D eigenvalue weighted by molar-refractivity contribution is 6.07. The zero-order valence-electron chi connectivity index (χ0n) is 21.9. The van der Waals surface area contributed by atoms with Crippen LogP contribution in [0.2, 0.25) is 0 Å². The molecule has 6 heteroatoms. The molecule has 6 nitrogen and oxygen atoms in total. The third-order valence-electron chi connectivity index (χ3n) is 6.10. The van der Waals surface area contributed by atoms with Gasteiger partial charge in [0.15, 0.2) is 5.78 Å². The average molecular weight is 521 g/mol. The van der Waals surface area contributed by atoms with Gasteiger partial charge in [0.1, 0.15) is 19.0 Å². The van der Waals surface area contributed by atoms with E-state index < -0.39 is 5.97 Å². The lowest BCUT2D eigenvalue weighted by molar-refractivity contribution is 0.0450. The predicted octanol–water partition coefficient (Wildman–Crippen LogP) is 6.60. The van der Waals surface area contributed by atoms with Gasteiger partial charge in [-0.15, -0.1) is 0 Å². The summed E-state index contributed by atoms with van der Waals surface area (Å²) in [5.41, 5.74) is 17.6. The number of carbonyl (C=O) groups excluding carboxylic acids is 2. The third-order valence-corrected chi connectivity index (χ3v) is 6.10. The van der Waals surface area contributed by atoms with Crippen LogP contribution in [0, 0.1) is 0 Å². The van der Waals surface area contributed by atoms with E-state index in [2.05, 4.69) is 31.2 Å². The van der Waals surface area contributed by atoms with Gasteiger partial charge in [-0.05, 0) is 65.1 Å². The standard InChI is InChI=1S/C33H32N2O4/c1-2-3-23-4-9-25(10-5-23)26-11-13-27(14-12-26)32(36)17-8-24-6-15-31(16-7-24)38-18-19-39-33(37)28-20-29(34)22-30(35)21-28/h4-17,20-22H,2-3,18-19,34-35H2,1H3. The van der Waals surface area contributed by atoms with Crippen molar-refractivity contribution in [3.05, 3.63) is 119 Å². The van der Waals surface area contributed by atoms with Gasteiger partial charge in [0.2, 0.25) is 0 Å². The fourth-order valence-corrected chi connectivity index (χ4v) is 4.09. The molecule has 4 rings (SSSR count). The summed E-state index contributed by atoms with van der Waals surface area (Å²) in [4.78, 5) is 24.8. The van der Waals surface area contributed by atoms with Gasteiger partial charge in [0.25, 0.3) is 0 Å². The largest absolute Gasteiger partial charge is 0.490 e. The van der Waals surface area contributed by atoms with Gasteiger partial charge < -0.3 is 20.9 Å². The molecule has 0 aliphatic heterocycles. The first-order valence-electron chi connectivity index (χ1n) is 12.9. The topological polar surface area (TPSA) is 105 Å². The number of anilines is 2. The molecule has 4 aromatic rings. The number of allylic oxidation sites excluding steroid dienone is 1. The van der Waals surface area contributed by atoms with Crippen LogP contribution in [-0.4, -0.2) is 25.0 Å². The number of ether oxygens (including phenoxy) is 2.